The fraction of sp³-hybridized carbons (Fsp3) is 0. The maximum absolute atomic E-state index is 5.73. The molecule has 0 aromatic heterocycles. The molecule has 0 unspecified atom stereocenters. The van der Waals surface area contributed by atoms with E-state index in [9.17, 15) is 0 Å². The first kappa shape index (κ1) is 9.93. The van der Waals surface area contributed by atoms with Crippen molar-refractivity contribution >= 4 is 32.3 Å². The quantitative estimate of drug-likeness (QED) is 0.742. The van der Waals surface area contributed by atoms with Crippen LogP contribution in [0.2, 0.25) is 5.02 Å². The van der Waals surface area contributed by atoms with Crippen LogP contribution in [0.5, 0.6) is 0 Å². The topological polar surface area (TPSA) is 0 Å². The Morgan fingerprint density at radius 3 is 2.09 bits per heavy atom. The molecule has 0 radical (unpaired) electrons. The zero-order chi connectivity index (χ0) is 8.27. The molecular formula is C7H5Cl3Zr. The molecule has 11 heavy (non-hydrogen) atoms. The number of hydrogen-bond donors (Lipinski definition) is 0. The molecule has 0 atom stereocenters. The second kappa shape index (κ2) is 4.77. The molecule has 0 saturated carbocycles. The average Bonchev–Trinajstić information content (AvgIpc) is 1.93. The summed E-state index contributed by atoms with van der Waals surface area (Å²) < 4.78 is 1.93. The van der Waals surface area contributed by atoms with Gasteiger partial charge in [-0.3, -0.25) is 0 Å². The van der Waals surface area contributed by atoms with Gasteiger partial charge in [-0.25, -0.2) is 0 Å². The van der Waals surface area contributed by atoms with Crippen molar-refractivity contribution in [2.45, 2.75) is 0 Å². The van der Waals surface area contributed by atoms with E-state index < -0.39 is 18.9 Å². The van der Waals surface area contributed by atoms with Crippen molar-refractivity contribution < 1.29 is 18.9 Å². The van der Waals surface area contributed by atoms with Gasteiger partial charge in [0.15, 0.2) is 0 Å². The fourth-order valence-corrected chi connectivity index (χ4v) is 3.39. The van der Waals surface area contributed by atoms with Crippen LogP contribution in [-0.4, -0.2) is 3.71 Å². The van der Waals surface area contributed by atoms with E-state index in [0.29, 0.717) is 0 Å². The summed E-state index contributed by atoms with van der Waals surface area (Å²) in [5.41, 5.74) is 1.06. The van der Waals surface area contributed by atoms with Crippen molar-refractivity contribution in [3.8, 4) is 0 Å². The van der Waals surface area contributed by atoms with Crippen LogP contribution in [0, 0.1) is 0 Å². The van der Waals surface area contributed by atoms with Gasteiger partial charge in [-0.05, 0) is 0 Å². The summed E-state index contributed by atoms with van der Waals surface area (Å²) in [6.45, 7) is 0. The average molecular weight is 287 g/mol. The second-order valence-electron chi connectivity index (χ2n) is 1.99. The van der Waals surface area contributed by atoms with Gasteiger partial charge in [0, 0.05) is 0 Å². The van der Waals surface area contributed by atoms with Gasteiger partial charge in [0.1, 0.15) is 0 Å². The predicted octanol–water partition coefficient (Wildman–Crippen LogP) is 3.42. The molecule has 0 spiro atoms. The Balaban J connectivity index is 2.91. The van der Waals surface area contributed by atoms with E-state index >= 15 is 0 Å². The first-order chi connectivity index (χ1) is 5.18. The summed E-state index contributed by atoms with van der Waals surface area (Å²) >= 11 is 3.56. The summed E-state index contributed by atoms with van der Waals surface area (Å²) in [4.78, 5) is 0. The molecule has 0 nitrogen and oxygen atoms in total. The molecular weight excluding hydrogens is 282 g/mol. The van der Waals surface area contributed by atoms with Gasteiger partial charge in [-0.15, -0.1) is 0 Å². The molecule has 4 heteroatoms. The first-order valence-electron chi connectivity index (χ1n) is 2.97. The van der Waals surface area contributed by atoms with Gasteiger partial charge < -0.3 is 0 Å². The van der Waals surface area contributed by atoms with Crippen molar-refractivity contribution in [3.63, 3.8) is 0 Å². The standard InChI is InChI=1S/C7H5Cl.2ClH.Zr/c1-6-2-4-7(8)5-3-6;;;/h1-5H;2*1H;/q;;;+2/p-2. The molecule has 0 fully saturated rings. The van der Waals surface area contributed by atoms with E-state index in [4.69, 9.17) is 28.6 Å². The molecule has 0 saturated heterocycles. The van der Waals surface area contributed by atoms with E-state index in [1.54, 1.807) is 0 Å². The molecule has 0 aliphatic rings. The Bertz CT molecular complexity index is 262. The number of hydrogen-bond acceptors (Lipinski definition) is 0. The van der Waals surface area contributed by atoms with Crippen LogP contribution >= 0.6 is 28.6 Å². The van der Waals surface area contributed by atoms with Crippen molar-refractivity contribution in [3.05, 3.63) is 34.9 Å². The van der Waals surface area contributed by atoms with Crippen molar-refractivity contribution in [1.29, 1.82) is 0 Å². The minimum atomic E-state index is -2.13. The van der Waals surface area contributed by atoms with E-state index in [2.05, 4.69) is 0 Å². The van der Waals surface area contributed by atoms with Crippen LogP contribution < -0.4 is 0 Å². The third-order valence-corrected chi connectivity index (χ3v) is 4.04. The second-order valence-corrected chi connectivity index (χ2v) is 10.5. The SMILES string of the molecule is Clc1ccc([CH]=[Zr]([Cl])[Cl])cc1. The Morgan fingerprint density at radius 2 is 1.64 bits per heavy atom. The summed E-state index contributed by atoms with van der Waals surface area (Å²) in [5.74, 6) is 0. The Hall–Kier alpha value is 0.843. The van der Waals surface area contributed by atoms with Crippen LogP contribution in [0.3, 0.4) is 0 Å². The zero-order valence-electron chi connectivity index (χ0n) is 5.52. The summed E-state index contributed by atoms with van der Waals surface area (Å²) in [5, 5.41) is 0.733. The monoisotopic (exact) mass is 284 g/mol. The predicted molar refractivity (Wildman–Crippen MR) is 48.3 cm³/mol. The van der Waals surface area contributed by atoms with Crippen molar-refractivity contribution in [2.75, 3.05) is 0 Å². The molecule has 0 bridgehead atoms. The van der Waals surface area contributed by atoms with Crippen LogP contribution in [0.25, 0.3) is 0 Å². The maximum atomic E-state index is 5.73. The Morgan fingerprint density at radius 1 is 1.09 bits per heavy atom. The summed E-state index contributed by atoms with van der Waals surface area (Å²) in [6, 6.07) is 7.47. The van der Waals surface area contributed by atoms with Gasteiger partial charge in [0.05, 0.1) is 0 Å². The van der Waals surface area contributed by atoms with Gasteiger partial charge in [-0.2, -0.15) is 0 Å². The van der Waals surface area contributed by atoms with Gasteiger partial charge in [0.25, 0.3) is 0 Å². The normalized spacial score (nSPS) is 9.36. The Labute approximate surface area is 85.3 Å². The van der Waals surface area contributed by atoms with Crippen LogP contribution in [0.15, 0.2) is 24.3 Å². The van der Waals surface area contributed by atoms with Gasteiger partial charge >= 0.3 is 86.1 Å². The summed E-state index contributed by atoms with van der Waals surface area (Å²) in [6.07, 6.45) is 0. The molecule has 0 aliphatic heterocycles. The third kappa shape index (κ3) is 3.85. The first-order valence-corrected chi connectivity index (χ1v) is 11.1. The molecule has 0 aliphatic carbocycles. The minimum absolute atomic E-state index is 0.733. The van der Waals surface area contributed by atoms with Gasteiger partial charge in [0.2, 0.25) is 0 Å². The molecule has 0 heterocycles. The number of benzene rings is 1. The molecule has 1 rings (SSSR count). The molecule has 1 aromatic carbocycles. The zero-order valence-corrected chi connectivity index (χ0v) is 10.2. The van der Waals surface area contributed by atoms with E-state index in [1.165, 1.54) is 0 Å². The molecule has 1 aromatic rings. The number of halogens is 3. The molecule has 0 N–H and O–H groups in total. The summed E-state index contributed by atoms with van der Waals surface area (Å²) in [7, 11) is 11.5. The van der Waals surface area contributed by atoms with Crippen LogP contribution in [0.4, 0.5) is 0 Å². The third-order valence-electron chi connectivity index (χ3n) is 1.15. The van der Waals surface area contributed by atoms with E-state index in [1.807, 2.05) is 28.0 Å². The van der Waals surface area contributed by atoms with Crippen LogP contribution in [-0.2, 0) is 18.9 Å². The Kier molecular flexibility index (Phi) is 4.30. The van der Waals surface area contributed by atoms with Crippen molar-refractivity contribution in [2.24, 2.45) is 0 Å². The van der Waals surface area contributed by atoms with Crippen molar-refractivity contribution in [1.82, 2.24) is 0 Å². The molecule has 58 valence electrons. The van der Waals surface area contributed by atoms with E-state index in [-0.39, 0.29) is 0 Å². The fourth-order valence-electron chi connectivity index (χ4n) is 0.685. The number of rotatable bonds is 1. The molecule has 0 amide bonds. The van der Waals surface area contributed by atoms with Crippen LogP contribution in [0.1, 0.15) is 5.56 Å². The van der Waals surface area contributed by atoms with Gasteiger partial charge in [-0.1, -0.05) is 0 Å². The van der Waals surface area contributed by atoms with E-state index in [0.717, 1.165) is 10.6 Å².